The molecule has 0 spiro atoms. The summed E-state index contributed by atoms with van der Waals surface area (Å²) in [5.74, 6) is 0.602. The molecule has 5 nitrogen and oxygen atoms in total. The number of nitrogens with two attached hydrogens (primary N) is 1. The number of hydrogen-bond donors (Lipinski definition) is 2. The van der Waals surface area contributed by atoms with Crippen LogP contribution in [0.2, 0.25) is 0 Å². The Bertz CT molecular complexity index is 779. The summed E-state index contributed by atoms with van der Waals surface area (Å²) >= 11 is 0. The van der Waals surface area contributed by atoms with Crippen LogP contribution in [-0.4, -0.2) is 27.7 Å². The fourth-order valence-electron chi connectivity index (χ4n) is 2.30. The monoisotopic (exact) mass is 299 g/mol. The quantitative estimate of drug-likeness (QED) is 0.759. The molecule has 0 aliphatic carbocycles. The van der Waals surface area contributed by atoms with Crippen molar-refractivity contribution in [1.29, 1.82) is 0 Å². The van der Waals surface area contributed by atoms with E-state index in [2.05, 4.69) is 22.3 Å². The minimum Gasteiger partial charge on any atom is -0.369 e. The maximum atomic E-state index is 13.0. The van der Waals surface area contributed by atoms with Gasteiger partial charge < -0.3 is 11.1 Å². The average molecular weight is 299 g/mol. The van der Waals surface area contributed by atoms with Crippen molar-refractivity contribution in [1.82, 2.24) is 14.6 Å². The summed E-state index contributed by atoms with van der Waals surface area (Å²) in [6.07, 6.45) is 0.838. The molecule has 0 saturated carbocycles. The molecule has 114 valence electrons. The predicted molar refractivity (Wildman–Crippen MR) is 85.3 cm³/mol. The van der Waals surface area contributed by atoms with E-state index in [1.54, 1.807) is 16.6 Å². The Hall–Kier alpha value is -2.47. The largest absolute Gasteiger partial charge is 0.369 e. The first-order valence-electron chi connectivity index (χ1n) is 7.31. The topological polar surface area (TPSA) is 68.2 Å². The average Bonchev–Trinajstić information content (AvgIpc) is 2.97. The molecule has 2 aromatic heterocycles. The van der Waals surface area contributed by atoms with Crippen LogP contribution in [0, 0.1) is 5.82 Å². The first kappa shape index (κ1) is 14.5. The lowest BCUT2D eigenvalue weighted by Gasteiger charge is -2.08. The van der Waals surface area contributed by atoms with Gasteiger partial charge in [0.2, 0.25) is 0 Å². The minimum absolute atomic E-state index is 0.260. The van der Waals surface area contributed by atoms with Crippen LogP contribution >= 0.6 is 0 Å². The summed E-state index contributed by atoms with van der Waals surface area (Å²) in [5.41, 5.74) is 8.92. The molecule has 0 amide bonds. The summed E-state index contributed by atoms with van der Waals surface area (Å²) in [4.78, 5) is 4.58. The van der Waals surface area contributed by atoms with E-state index in [9.17, 15) is 4.39 Å². The first-order chi connectivity index (χ1) is 10.7. The number of nitrogens with zero attached hydrogens (tertiary/aromatic N) is 3. The molecule has 0 saturated heterocycles. The fourth-order valence-corrected chi connectivity index (χ4v) is 2.30. The second-order valence-corrected chi connectivity index (χ2v) is 5.01. The molecule has 0 unspecified atom stereocenters. The molecular weight excluding hydrogens is 281 g/mol. The zero-order valence-corrected chi connectivity index (χ0v) is 12.4. The Morgan fingerprint density at radius 2 is 2.00 bits per heavy atom. The number of aryl methyl sites for hydroxylation is 1. The van der Waals surface area contributed by atoms with Gasteiger partial charge in [0, 0.05) is 36.5 Å². The highest BCUT2D eigenvalue weighted by Gasteiger charge is 2.10. The smallest absolute Gasteiger partial charge is 0.158 e. The Morgan fingerprint density at radius 1 is 1.23 bits per heavy atom. The van der Waals surface area contributed by atoms with Crippen molar-refractivity contribution in [2.75, 3.05) is 18.4 Å². The van der Waals surface area contributed by atoms with Crippen molar-refractivity contribution in [3.63, 3.8) is 0 Å². The Balaban J connectivity index is 2.09. The number of halogens is 1. The number of anilines is 1. The van der Waals surface area contributed by atoms with Crippen LogP contribution in [0.4, 0.5) is 10.2 Å². The van der Waals surface area contributed by atoms with E-state index in [1.807, 2.05) is 12.1 Å². The van der Waals surface area contributed by atoms with Crippen molar-refractivity contribution >= 4 is 11.5 Å². The van der Waals surface area contributed by atoms with E-state index in [1.165, 1.54) is 12.1 Å². The SMILES string of the molecule is CCc1cc(NCCN)n2nc(-c3ccc(F)cc3)cc2n1. The van der Waals surface area contributed by atoms with Crippen molar-refractivity contribution in [3.05, 3.63) is 47.9 Å². The Morgan fingerprint density at radius 3 is 2.68 bits per heavy atom. The number of benzene rings is 1. The van der Waals surface area contributed by atoms with E-state index in [4.69, 9.17) is 5.73 Å². The van der Waals surface area contributed by atoms with Crippen molar-refractivity contribution < 1.29 is 4.39 Å². The zero-order chi connectivity index (χ0) is 15.5. The van der Waals surface area contributed by atoms with Crippen LogP contribution in [0.25, 0.3) is 16.9 Å². The van der Waals surface area contributed by atoms with Crippen molar-refractivity contribution in [2.24, 2.45) is 5.73 Å². The molecule has 0 bridgehead atoms. The van der Waals surface area contributed by atoms with E-state index < -0.39 is 0 Å². The third kappa shape index (κ3) is 2.78. The summed E-state index contributed by atoms with van der Waals surface area (Å²) in [7, 11) is 0. The van der Waals surface area contributed by atoms with Crippen LogP contribution in [-0.2, 0) is 6.42 Å². The second-order valence-electron chi connectivity index (χ2n) is 5.01. The van der Waals surface area contributed by atoms with Gasteiger partial charge in [0.1, 0.15) is 11.6 Å². The molecule has 3 rings (SSSR count). The number of rotatable bonds is 5. The van der Waals surface area contributed by atoms with E-state index >= 15 is 0 Å². The van der Waals surface area contributed by atoms with Gasteiger partial charge in [-0.05, 0) is 30.7 Å². The van der Waals surface area contributed by atoms with Crippen molar-refractivity contribution in [2.45, 2.75) is 13.3 Å². The van der Waals surface area contributed by atoms with Gasteiger partial charge in [-0.15, -0.1) is 0 Å². The van der Waals surface area contributed by atoms with Gasteiger partial charge >= 0.3 is 0 Å². The number of nitrogens with one attached hydrogen (secondary N) is 1. The molecule has 3 aromatic rings. The normalized spacial score (nSPS) is 11.0. The molecule has 0 atom stereocenters. The molecule has 22 heavy (non-hydrogen) atoms. The van der Waals surface area contributed by atoms with Gasteiger partial charge in [-0.25, -0.2) is 9.37 Å². The van der Waals surface area contributed by atoms with Gasteiger partial charge in [-0.3, -0.25) is 0 Å². The maximum Gasteiger partial charge on any atom is 0.158 e. The van der Waals surface area contributed by atoms with Gasteiger partial charge in [0.25, 0.3) is 0 Å². The molecule has 3 N–H and O–H groups in total. The predicted octanol–water partition coefficient (Wildman–Crippen LogP) is 2.47. The third-order valence-electron chi connectivity index (χ3n) is 3.43. The van der Waals surface area contributed by atoms with E-state index in [0.29, 0.717) is 13.1 Å². The van der Waals surface area contributed by atoms with Crippen LogP contribution in [0.5, 0.6) is 0 Å². The van der Waals surface area contributed by atoms with Crippen LogP contribution in [0.1, 0.15) is 12.6 Å². The lowest BCUT2D eigenvalue weighted by atomic mass is 10.1. The Kier molecular flexibility index (Phi) is 4.02. The molecule has 0 aliphatic heterocycles. The van der Waals surface area contributed by atoms with Gasteiger partial charge in [0.05, 0.1) is 5.69 Å². The zero-order valence-electron chi connectivity index (χ0n) is 12.4. The summed E-state index contributed by atoms with van der Waals surface area (Å²) in [6.45, 7) is 3.26. The number of fused-ring (bicyclic) bond motifs is 1. The molecule has 0 fully saturated rings. The van der Waals surface area contributed by atoms with Gasteiger partial charge in [0.15, 0.2) is 5.65 Å². The maximum absolute atomic E-state index is 13.0. The standard InChI is InChI=1S/C16H18FN5/c1-2-13-9-15(19-8-7-18)22-16(20-13)10-14(21-22)11-3-5-12(17)6-4-11/h3-6,9-10,19H,2,7-8,18H2,1H3. The lowest BCUT2D eigenvalue weighted by molar-refractivity contribution is 0.628. The number of aromatic nitrogens is 3. The summed E-state index contributed by atoms with van der Waals surface area (Å²) in [6, 6.07) is 10.2. The highest BCUT2D eigenvalue weighted by Crippen LogP contribution is 2.22. The van der Waals surface area contributed by atoms with Gasteiger partial charge in [-0.2, -0.15) is 9.61 Å². The lowest BCUT2D eigenvalue weighted by Crippen LogP contribution is -2.16. The molecule has 2 heterocycles. The highest BCUT2D eigenvalue weighted by molar-refractivity contribution is 5.65. The summed E-state index contributed by atoms with van der Waals surface area (Å²) < 4.78 is 14.8. The Labute approximate surface area is 128 Å². The van der Waals surface area contributed by atoms with E-state index in [-0.39, 0.29) is 5.82 Å². The van der Waals surface area contributed by atoms with Crippen LogP contribution < -0.4 is 11.1 Å². The first-order valence-corrected chi connectivity index (χ1v) is 7.31. The van der Waals surface area contributed by atoms with E-state index in [0.717, 1.165) is 34.8 Å². The van der Waals surface area contributed by atoms with Crippen LogP contribution in [0.15, 0.2) is 36.4 Å². The highest BCUT2D eigenvalue weighted by atomic mass is 19.1. The van der Waals surface area contributed by atoms with Crippen LogP contribution in [0.3, 0.4) is 0 Å². The van der Waals surface area contributed by atoms with Gasteiger partial charge in [-0.1, -0.05) is 6.92 Å². The van der Waals surface area contributed by atoms with Crippen molar-refractivity contribution in [3.8, 4) is 11.3 Å². The third-order valence-corrected chi connectivity index (χ3v) is 3.43. The molecular formula is C16H18FN5. The molecule has 6 heteroatoms. The number of hydrogen-bond acceptors (Lipinski definition) is 4. The second kappa shape index (κ2) is 6.11. The molecule has 1 aromatic carbocycles. The fraction of sp³-hybridized carbons (Fsp3) is 0.250. The minimum atomic E-state index is -0.260. The molecule has 0 aliphatic rings. The summed E-state index contributed by atoms with van der Waals surface area (Å²) in [5, 5.41) is 7.83. The molecule has 0 radical (unpaired) electrons.